The van der Waals surface area contributed by atoms with E-state index in [1.807, 2.05) is 44.2 Å². The summed E-state index contributed by atoms with van der Waals surface area (Å²) >= 11 is 0. The average Bonchev–Trinajstić information content (AvgIpc) is 2.05. The molecule has 1 radical (unpaired) electrons. The van der Waals surface area contributed by atoms with Gasteiger partial charge in [-0.05, 0) is 12.1 Å². The topological polar surface area (TPSA) is 17.1 Å². The van der Waals surface area contributed by atoms with Gasteiger partial charge in [0.15, 0.2) is 0 Å². The van der Waals surface area contributed by atoms with Gasteiger partial charge in [0.1, 0.15) is 7.80 Å². The molecule has 0 spiro atoms. The minimum Gasteiger partial charge on any atom is -0.282 e. The van der Waals surface area contributed by atoms with Gasteiger partial charge in [-0.2, -0.15) is 0 Å². The maximum atomic E-state index is 11.5. The van der Waals surface area contributed by atoms with Crippen LogP contribution >= 0.6 is 7.80 Å². The van der Waals surface area contributed by atoms with E-state index in [2.05, 4.69) is 0 Å². The second-order valence-electron chi connectivity index (χ2n) is 2.76. The molecule has 0 aliphatic heterocycles. The molecule has 1 nitrogen and oxygen atoms in total. The molecule has 0 N–H and O–H groups in total. The third-order valence-electron chi connectivity index (χ3n) is 1.48. The highest BCUT2D eigenvalue weighted by molar-refractivity contribution is 7.54. The van der Waals surface area contributed by atoms with Crippen LogP contribution in [0.25, 0.3) is 0 Å². The molecular weight excluding hydrogens is 155 g/mol. The van der Waals surface area contributed by atoms with Gasteiger partial charge >= 0.3 is 0 Å². The van der Waals surface area contributed by atoms with Crippen molar-refractivity contribution in [2.75, 3.05) is 0 Å². The smallest absolute Gasteiger partial charge is 0.106 e. The first kappa shape index (κ1) is 8.42. The fourth-order valence-electron chi connectivity index (χ4n) is 0.873. The molecule has 0 bridgehead atoms. The lowest BCUT2D eigenvalue weighted by Gasteiger charge is -2.02. The Hall–Kier alpha value is -0.680. The van der Waals surface area contributed by atoms with Gasteiger partial charge in [-0.1, -0.05) is 32.0 Å². The Labute approximate surface area is 68.2 Å². The van der Waals surface area contributed by atoms with Crippen LogP contribution in [0.15, 0.2) is 30.3 Å². The Morgan fingerprint density at radius 2 is 1.73 bits per heavy atom. The molecule has 0 heterocycles. The lowest BCUT2D eigenvalue weighted by Crippen LogP contribution is -2.00. The normalized spacial score (nSPS) is 11.7. The first-order valence-corrected chi connectivity index (χ1v) is 5.06. The van der Waals surface area contributed by atoms with Crippen molar-refractivity contribution in [1.29, 1.82) is 0 Å². The molecule has 1 aromatic carbocycles. The Morgan fingerprint density at radius 3 is 2.18 bits per heavy atom. The fraction of sp³-hybridized carbons (Fsp3) is 0.333. The van der Waals surface area contributed by atoms with Crippen LogP contribution in [0.3, 0.4) is 0 Å². The summed E-state index contributed by atoms with van der Waals surface area (Å²) in [5.74, 6) is 0. The lowest BCUT2D eigenvalue weighted by atomic mass is 10.4. The molecule has 0 saturated carbocycles. The Balaban J connectivity index is 2.86. The highest BCUT2D eigenvalue weighted by Crippen LogP contribution is 2.25. The Kier molecular flexibility index (Phi) is 2.78. The van der Waals surface area contributed by atoms with Crippen LogP contribution in [0.2, 0.25) is 0 Å². The standard InChI is InChI=1S/C9H12OP/c1-8(2)11(10)9-6-4-3-5-7-9/h3-8H,1-2H3. The zero-order chi connectivity index (χ0) is 8.27. The average molecular weight is 167 g/mol. The predicted octanol–water partition coefficient (Wildman–Crippen LogP) is 2.55. The highest BCUT2D eigenvalue weighted by atomic mass is 31.1. The van der Waals surface area contributed by atoms with E-state index in [1.54, 1.807) is 0 Å². The van der Waals surface area contributed by atoms with Crippen LogP contribution in [0, 0.1) is 0 Å². The molecule has 0 aliphatic rings. The van der Waals surface area contributed by atoms with Crippen molar-refractivity contribution < 1.29 is 4.57 Å². The molecule has 0 amide bonds. The van der Waals surface area contributed by atoms with E-state index in [0.29, 0.717) is 0 Å². The Bertz CT molecular complexity index is 241. The number of hydrogen-bond donors (Lipinski definition) is 0. The van der Waals surface area contributed by atoms with Gasteiger partial charge in [-0.3, -0.25) is 4.57 Å². The van der Waals surface area contributed by atoms with Crippen molar-refractivity contribution in [3.63, 3.8) is 0 Å². The van der Waals surface area contributed by atoms with E-state index < -0.39 is 7.80 Å². The lowest BCUT2D eigenvalue weighted by molar-refractivity contribution is 0.588. The third-order valence-corrected chi connectivity index (χ3v) is 3.22. The van der Waals surface area contributed by atoms with Crippen LogP contribution in [0.5, 0.6) is 0 Å². The first-order valence-electron chi connectivity index (χ1n) is 3.73. The summed E-state index contributed by atoms with van der Waals surface area (Å²) in [4.78, 5) is 0. The van der Waals surface area contributed by atoms with Crippen LogP contribution in [-0.2, 0) is 4.57 Å². The van der Waals surface area contributed by atoms with E-state index in [9.17, 15) is 4.57 Å². The summed E-state index contributed by atoms with van der Waals surface area (Å²) in [6, 6.07) is 9.61. The minimum atomic E-state index is -1.18. The van der Waals surface area contributed by atoms with Crippen molar-refractivity contribution in [3.05, 3.63) is 30.3 Å². The summed E-state index contributed by atoms with van der Waals surface area (Å²) in [7, 11) is -1.18. The zero-order valence-electron chi connectivity index (χ0n) is 6.82. The molecular formula is C9H12OP. The molecule has 0 aliphatic carbocycles. The van der Waals surface area contributed by atoms with E-state index in [-0.39, 0.29) is 5.66 Å². The van der Waals surface area contributed by atoms with E-state index in [0.717, 1.165) is 5.30 Å². The minimum absolute atomic E-state index is 0.243. The molecule has 0 aromatic heterocycles. The zero-order valence-corrected chi connectivity index (χ0v) is 7.71. The van der Waals surface area contributed by atoms with Crippen molar-refractivity contribution in [1.82, 2.24) is 0 Å². The molecule has 1 atom stereocenters. The van der Waals surface area contributed by atoms with E-state index >= 15 is 0 Å². The monoisotopic (exact) mass is 167 g/mol. The summed E-state index contributed by atoms with van der Waals surface area (Å²) in [5, 5.41) is 0.956. The Morgan fingerprint density at radius 1 is 1.18 bits per heavy atom. The fourth-order valence-corrected chi connectivity index (χ4v) is 1.94. The van der Waals surface area contributed by atoms with E-state index in [1.165, 1.54) is 0 Å². The van der Waals surface area contributed by atoms with Crippen molar-refractivity contribution >= 4 is 13.1 Å². The maximum Gasteiger partial charge on any atom is 0.106 e. The summed E-state index contributed by atoms with van der Waals surface area (Å²) in [5.41, 5.74) is 0.243. The predicted molar refractivity (Wildman–Crippen MR) is 48.8 cm³/mol. The molecule has 1 unspecified atom stereocenters. The quantitative estimate of drug-likeness (QED) is 0.618. The maximum absolute atomic E-state index is 11.5. The van der Waals surface area contributed by atoms with Gasteiger partial charge in [0.25, 0.3) is 0 Å². The highest BCUT2D eigenvalue weighted by Gasteiger charge is 2.06. The number of hydrogen-bond acceptors (Lipinski definition) is 1. The molecule has 0 fully saturated rings. The van der Waals surface area contributed by atoms with Gasteiger partial charge in [0.2, 0.25) is 0 Å². The molecule has 1 aromatic rings. The van der Waals surface area contributed by atoms with Gasteiger partial charge in [0, 0.05) is 11.0 Å². The molecule has 59 valence electrons. The molecule has 2 heteroatoms. The molecule has 1 rings (SSSR count). The van der Waals surface area contributed by atoms with Crippen LogP contribution in [-0.4, -0.2) is 5.66 Å². The van der Waals surface area contributed by atoms with Gasteiger partial charge in [-0.25, -0.2) is 0 Å². The second kappa shape index (κ2) is 3.64. The summed E-state index contributed by atoms with van der Waals surface area (Å²) in [6.07, 6.45) is 0. The van der Waals surface area contributed by atoms with Crippen LogP contribution in [0.1, 0.15) is 13.8 Å². The SMILES string of the molecule is CC(C)[P](=O)c1ccccc1. The number of rotatable bonds is 2. The third kappa shape index (κ3) is 2.13. The largest absolute Gasteiger partial charge is 0.282 e. The van der Waals surface area contributed by atoms with Crippen molar-refractivity contribution in [2.45, 2.75) is 19.5 Å². The summed E-state index contributed by atoms with van der Waals surface area (Å²) in [6.45, 7) is 3.96. The molecule has 0 saturated heterocycles. The van der Waals surface area contributed by atoms with Crippen molar-refractivity contribution in [2.24, 2.45) is 0 Å². The second-order valence-corrected chi connectivity index (χ2v) is 4.96. The first-order chi connectivity index (χ1) is 5.22. The van der Waals surface area contributed by atoms with Gasteiger partial charge < -0.3 is 0 Å². The number of benzene rings is 1. The summed E-state index contributed by atoms with van der Waals surface area (Å²) < 4.78 is 11.5. The molecule has 11 heavy (non-hydrogen) atoms. The van der Waals surface area contributed by atoms with E-state index in [4.69, 9.17) is 0 Å². The van der Waals surface area contributed by atoms with Crippen molar-refractivity contribution in [3.8, 4) is 0 Å². The van der Waals surface area contributed by atoms with Gasteiger partial charge in [-0.15, -0.1) is 0 Å². The van der Waals surface area contributed by atoms with Gasteiger partial charge in [0.05, 0.1) is 0 Å². The van der Waals surface area contributed by atoms with Crippen LogP contribution in [0.4, 0.5) is 0 Å². The van der Waals surface area contributed by atoms with Crippen LogP contribution < -0.4 is 5.30 Å².